The van der Waals surface area contributed by atoms with E-state index in [4.69, 9.17) is 4.42 Å². The molecule has 4 heterocycles. The normalized spacial score (nSPS) is 22.7. The molecule has 2 aromatic heterocycles. The van der Waals surface area contributed by atoms with Crippen molar-refractivity contribution in [3.63, 3.8) is 0 Å². The summed E-state index contributed by atoms with van der Waals surface area (Å²) in [6, 6.07) is 9.56. The van der Waals surface area contributed by atoms with Crippen molar-refractivity contribution < 1.29 is 12.8 Å². The topological polar surface area (TPSA) is 105 Å². The van der Waals surface area contributed by atoms with Gasteiger partial charge in [0.25, 0.3) is 5.56 Å². The molecule has 8 nitrogen and oxygen atoms in total. The van der Waals surface area contributed by atoms with Gasteiger partial charge in [-0.25, -0.2) is 13.2 Å². The van der Waals surface area contributed by atoms with Crippen molar-refractivity contribution in [3.8, 4) is 0 Å². The van der Waals surface area contributed by atoms with Crippen LogP contribution in [0, 0.1) is 5.92 Å². The molecule has 2 aliphatic heterocycles. The first-order valence-corrected chi connectivity index (χ1v) is 10.2. The number of piperidine rings is 1. The van der Waals surface area contributed by atoms with E-state index in [1.54, 1.807) is 16.7 Å². The summed E-state index contributed by atoms with van der Waals surface area (Å²) in [6.07, 6.45) is 0.876. The van der Waals surface area contributed by atoms with Crippen molar-refractivity contribution in [2.45, 2.75) is 23.8 Å². The van der Waals surface area contributed by atoms with Gasteiger partial charge in [0.1, 0.15) is 0 Å². The molecule has 0 saturated carbocycles. The third kappa shape index (κ3) is 2.57. The molecule has 0 amide bonds. The summed E-state index contributed by atoms with van der Waals surface area (Å²) < 4.78 is 34.6. The van der Waals surface area contributed by atoms with Gasteiger partial charge < -0.3 is 8.98 Å². The second-order valence-electron chi connectivity index (χ2n) is 7.19. The Morgan fingerprint density at radius 3 is 2.78 bits per heavy atom. The third-order valence-corrected chi connectivity index (χ3v) is 7.30. The Morgan fingerprint density at radius 2 is 1.93 bits per heavy atom. The Balaban J connectivity index is 1.53. The lowest BCUT2D eigenvalue weighted by molar-refractivity contribution is 0.186. The van der Waals surface area contributed by atoms with Crippen LogP contribution in [0.15, 0.2) is 55.3 Å². The number of nitrogens with one attached hydrogen (secondary N) is 1. The van der Waals surface area contributed by atoms with E-state index in [1.807, 2.05) is 6.07 Å². The lowest BCUT2D eigenvalue weighted by atomic mass is 9.84. The van der Waals surface area contributed by atoms with Crippen LogP contribution in [-0.2, 0) is 16.6 Å². The van der Waals surface area contributed by atoms with Gasteiger partial charge in [-0.3, -0.25) is 9.78 Å². The number of hydrogen-bond donors (Lipinski definition) is 1. The van der Waals surface area contributed by atoms with E-state index in [0.717, 1.165) is 12.1 Å². The number of rotatable bonds is 2. The Bertz CT molecular complexity index is 1270. The lowest BCUT2D eigenvalue weighted by Gasteiger charge is -2.42. The van der Waals surface area contributed by atoms with Crippen LogP contribution in [0.1, 0.15) is 18.0 Å². The molecule has 1 fully saturated rings. The molecule has 0 radical (unpaired) electrons. The first-order chi connectivity index (χ1) is 12.9. The van der Waals surface area contributed by atoms with Crippen LogP contribution in [0.25, 0.3) is 11.1 Å². The van der Waals surface area contributed by atoms with Crippen LogP contribution in [0.3, 0.4) is 0 Å². The maximum absolute atomic E-state index is 13.2. The van der Waals surface area contributed by atoms with Crippen LogP contribution in [0.4, 0.5) is 0 Å². The minimum atomic E-state index is -3.73. The quantitative estimate of drug-likeness (QED) is 0.709. The molecule has 5 rings (SSSR count). The molecular formula is C18H17N3O5S. The highest BCUT2D eigenvalue weighted by molar-refractivity contribution is 7.89. The van der Waals surface area contributed by atoms with Crippen molar-refractivity contribution in [1.82, 2.24) is 13.9 Å². The third-order valence-electron chi connectivity index (χ3n) is 5.48. The van der Waals surface area contributed by atoms with Crippen LogP contribution in [0.2, 0.25) is 0 Å². The molecule has 0 aliphatic carbocycles. The van der Waals surface area contributed by atoms with Gasteiger partial charge in [0.05, 0.1) is 10.4 Å². The number of sulfonamides is 1. The molecule has 0 unspecified atom stereocenters. The molecule has 9 heteroatoms. The highest BCUT2D eigenvalue weighted by Gasteiger charge is 2.39. The van der Waals surface area contributed by atoms with Gasteiger partial charge in [-0.1, -0.05) is 6.07 Å². The maximum atomic E-state index is 13.2. The predicted molar refractivity (Wildman–Crippen MR) is 97.1 cm³/mol. The molecule has 0 spiro atoms. The fraction of sp³-hybridized carbons (Fsp3) is 0.333. The molecule has 1 N–H and O–H groups in total. The van der Waals surface area contributed by atoms with Gasteiger partial charge >= 0.3 is 5.76 Å². The molecule has 1 aromatic carbocycles. The molecule has 2 aliphatic rings. The summed E-state index contributed by atoms with van der Waals surface area (Å²) in [6.45, 7) is 1.23. The van der Waals surface area contributed by atoms with E-state index in [9.17, 15) is 18.0 Å². The maximum Gasteiger partial charge on any atom is 0.417 e. The Morgan fingerprint density at radius 1 is 1.07 bits per heavy atom. The number of oxazole rings is 1. The number of aromatic amines is 1. The highest BCUT2D eigenvalue weighted by atomic mass is 32.2. The molecule has 2 bridgehead atoms. The number of hydrogen-bond acceptors (Lipinski definition) is 5. The van der Waals surface area contributed by atoms with E-state index in [2.05, 4.69) is 4.98 Å². The van der Waals surface area contributed by atoms with E-state index >= 15 is 0 Å². The smallest absolute Gasteiger partial charge is 0.408 e. The molecule has 140 valence electrons. The van der Waals surface area contributed by atoms with Crippen molar-refractivity contribution in [3.05, 3.63) is 63.0 Å². The van der Waals surface area contributed by atoms with Gasteiger partial charge in [0.15, 0.2) is 5.58 Å². The summed E-state index contributed by atoms with van der Waals surface area (Å²) in [5, 5.41) is 0. The largest absolute Gasteiger partial charge is 0.417 e. The van der Waals surface area contributed by atoms with Gasteiger partial charge in [-0.2, -0.15) is 4.31 Å². The number of fused-ring (bicyclic) bond motifs is 5. The minimum Gasteiger partial charge on any atom is -0.408 e. The van der Waals surface area contributed by atoms with Crippen LogP contribution >= 0.6 is 0 Å². The van der Waals surface area contributed by atoms with Crippen molar-refractivity contribution in [2.24, 2.45) is 5.92 Å². The minimum absolute atomic E-state index is 0.00454. The zero-order chi connectivity index (χ0) is 18.8. The Kier molecular flexibility index (Phi) is 3.47. The monoisotopic (exact) mass is 387 g/mol. The summed E-state index contributed by atoms with van der Waals surface area (Å²) in [7, 11) is -3.73. The van der Waals surface area contributed by atoms with Gasteiger partial charge in [-0.15, -0.1) is 0 Å². The number of H-pyrrole nitrogens is 1. The Labute approximate surface area is 154 Å². The molecular weight excluding hydrogens is 370 g/mol. The van der Waals surface area contributed by atoms with Crippen LogP contribution in [-0.4, -0.2) is 35.4 Å². The fourth-order valence-electron chi connectivity index (χ4n) is 4.28. The van der Waals surface area contributed by atoms with Gasteiger partial charge in [0, 0.05) is 43.4 Å². The van der Waals surface area contributed by atoms with E-state index in [1.165, 1.54) is 22.5 Å². The van der Waals surface area contributed by atoms with E-state index < -0.39 is 15.8 Å². The van der Waals surface area contributed by atoms with Crippen LogP contribution < -0.4 is 11.3 Å². The van der Waals surface area contributed by atoms with Gasteiger partial charge in [-0.05, 0) is 30.5 Å². The standard InChI is InChI=1S/C18H17N3O5S/c22-17-3-1-2-15-12-6-11(9-21(15)17)8-20(10-12)27(24,25)13-4-5-14-16(7-13)26-18(23)19-14/h1-5,7,11-12H,6,8-10H2,(H,19,23)/t11-,12+/m0/s1. The molecule has 27 heavy (non-hydrogen) atoms. The fourth-order valence-corrected chi connectivity index (χ4v) is 5.86. The zero-order valence-corrected chi connectivity index (χ0v) is 15.1. The number of pyridine rings is 1. The molecule has 3 aromatic rings. The summed E-state index contributed by atoms with van der Waals surface area (Å²) in [4.78, 5) is 26.0. The predicted octanol–water partition coefficient (Wildman–Crippen LogP) is 1.09. The number of benzene rings is 1. The Hall–Kier alpha value is -2.65. The average molecular weight is 387 g/mol. The SMILES string of the molecule is O=c1[nH]c2ccc(S(=O)(=O)N3C[C@@H]4C[C@H](C3)c3cccc(=O)n3C4)cc2o1. The summed E-state index contributed by atoms with van der Waals surface area (Å²) in [5.41, 5.74) is 1.54. The van der Waals surface area contributed by atoms with Crippen molar-refractivity contribution in [1.29, 1.82) is 0 Å². The first kappa shape index (κ1) is 16.5. The summed E-state index contributed by atoms with van der Waals surface area (Å²) >= 11 is 0. The first-order valence-electron chi connectivity index (χ1n) is 8.74. The van der Waals surface area contributed by atoms with Gasteiger partial charge in [0.2, 0.25) is 10.0 Å². The molecule has 2 atom stereocenters. The van der Waals surface area contributed by atoms with E-state index in [-0.39, 0.29) is 27.9 Å². The average Bonchev–Trinajstić information content (AvgIpc) is 3.01. The second kappa shape index (κ2) is 5.67. The van der Waals surface area contributed by atoms with E-state index in [0.29, 0.717) is 25.2 Å². The number of aromatic nitrogens is 2. The second-order valence-corrected chi connectivity index (χ2v) is 9.13. The van der Waals surface area contributed by atoms with Crippen LogP contribution in [0.5, 0.6) is 0 Å². The lowest BCUT2D eigenvalue weighted by Crippen LogP contribution is -2.48. The van der Waals surface area contributed by atoms with Crippen molar-refractivity contribution in [2.75, 3.05) is 13.1 Å². The molecule has 1 saturated heterocycles. The zero-order valence-electron chi connectivity index (χ0n) is 14.3. The summed E-state index contributed by atoms with van der Waals surface area (Å²) in [5.74, 6) is -0.524. The van der Waals surface area contributed by atoms with Crippen molar-refractivity contribution >= 4 is 21.1 Å². The highest BCUT2D eigenvalue weighted by Crippen LogP contribution is 2.37. The number of nitrogens with zero attached hydrogens (tertiary/aromatic N) is 2.